The molecular weight excluding hydrogens is 324 g/mol. The van der Waals surface area contributed by atoms with E-state index in [1.165, 1.54) is 37.7 Å². The smallest absolute Gasteiger partial charge is 0.246 e. The molecule has 140 valence electrons. The second kappa shape index (κ2) is 7.29. The third-order valence-corrected chi connectivity index (χ3v) is 6.42. The highest BCUT2D eigenvalue weighted by Gasteiger charge is 2.41. The second-order valence-corrected chi connectivity index (χ2v) is 8.06. The summed E-state index contributed by atoms with van der Waals surface area (Å²) in [6, 6.07) is 8.26. The summed E-state index contributed by atoms with van der Waals surface area (Å²) in [6.45, 7) is 3.27. The Morgan fingerprint density at radius 2 is 1.96 bits per heavy atom. The predicted octanol–water partition coefficient (Wildman–Crippen LogP) is 2.81. The van der Waals surface area contributed by atoms with Gasteiger partial charge in [0.15, 0.2) is 5.96 Å². The Morgan fingerprint density at radius 3 is 2.77 bits per heavy atom. The van der Waals surface area contributed by atoms with E-state index in [-0.39, 0.29) is 5.91 Å². The van der Waals surface area contributed by atoms with Crippen LogP contribution in [0.15, 0.2) is 29.3 Å². The van der Waals surface area contributed by atoms with Gasteiger partial charge in [0.05, 0.1) is 6.54 Å². The van der Waals surface area contributed by atoms with Gasteiger partial charge in [-0.05, 0) is 49.1 Å². The van der Waals surface area contributed by atoms with Crippen molar-refractivity contribution < 1.29 is 4.79 Å². The van der Waals surface area contributed by atoms with Crippen molar-refractivity contribution in [2.24, 2.45) is 10.4 Å². The zero-order chi connectivity index (χ0) is 18.0. The van der Waals surface area contributed by atoms with Gasteiger partial charge >= 0.3 is 0 Å². The zero-order valence-electron chi connectivity index (χ0n) is 15.8. The molecule has 2 aliphatic heterocycles. The van der Waals surface area contributed by atoms with Crippen LogP contribution in [-0.2, 0) is 11.2 Å². The molecule has 5 nitrogen and oxygen atoms in total. The average molecular weight is 354 g/mol. The highest BCUT2D eigenvalue weighted by atomic mass is 16.2. The molecule has 0 unspecified atom stereocenters. The first-order valence-electron chi connectivity index (χ1n) is 10.0. The van der Waals surface area contributed by atoms with Gasteiger partial charge in [0.25, 0.3) is 0 Å². The molecule has 1 saturated heterocycles. The van der Waals surface area contributed by atoms with Gasteiger partial charge in [0.2, 0.25) is 5.91 Å². The van der Waals surface area contributed by atoms with Crippen LogP contribution in [0.3, 0.4) is 0 Å². The number of nitrogens with zero attached hydrogens (tertiary/aromatic N) is 3. The van der Waals surface area contributed by atoms with E-state index in [0.29, 0.717) is 12.0 Å². The molecule has 1 spiro atoms. The van der Waals surface area contributed by atoms with E-state index in [1.807, 2.05) is 18.0 Å². The number of amides is 1. The quantitative estimate of drug-likeness (QED) is 0.656. The minimum atomic E-state index is 0.132. The van der Waals surface area contributed by atoms with Crippen LogP contribution in [0.1, 0.15) is 44.1 Å². The topological polar surface area (TPSA) is 47.9 Å². The van der Waals surface area contributed by atoms with Crippen LogP contribution >= 0.6 is 0 Å². The minimum Gasteiger partial charge on any atom is -0.347 e. The standard InChI is InChI=1S/C21H30N4O/c1-22-20(24-14-12-21(16-24)10-4-5-11-21)23-15-19(26)25-13-6-8-17-7-2-3-9-18(17)25/h2-3,7,9H,4-6,8,10-16H2,1H3,(H,22,23). The molecule has 4 rings (SSSR count). The monoisotopic (exact) mass is 354 g/mol. The van der Waals surface area contributed by atoms with Crippen molar-refractivity contribution in [2.75, 3.05) is 38.1 Å². The Kier molecular flexibility index (Phi) is 4.88. The van der Waals surface area contributed by atoms with Crippen LogP contribution in [-0.4, -0.2) is 50.0 Å². The average Bonchev–Trinajstić information content (AvgIpc) is 3.32. The third kappa shape index (κ3) is 3.31. The van der Waals surface area contributed by atoms with E-state index in [9.17, 15) is 4.79 Å². The number of anilines is 1. The van der Waals surface area contributed by atoms with Crippen LogP contribution in [0.4, 0.5) is 5.69 Å². The normalized spacial score (nSPS) is 22.0. The Bertz CT molecular complexity index is 693. The van der Waals surface area contributed by atoms with Crippen LogP contribution in [0.5, 0.6) is 0 Å². The van der Waals surface area contributed by atoms with Gasteiger partial charge in [-0.15, -0.1) is 0 Å². The van der Waals surface area contributed by atoms with Crippen molar-refractivity contribution in [2.45, 2.75) is 44.9 Å². The number of aliphatic imine (C=N–C) groups is 1. The summed E-state index contributed by atoms with van der Waals surface area (Å²) in [7, 11) is 1.82. The van der Waals surface area contributed by atoms with Gasteiger partial charge < -0.3 is 15.1 Å². The lowest BCUT2D eigenvalue weighted by Gasteiger charge is -2.30. The van der Waals surface area contributed by atoms with Crippen molar-refractivity contribution >= 4 is 17.6 Å². The second-order valence-electron chi connectivity index (χ2n) is 8.06. The number of nitrogens with one attached hydrogen (secondary N) is 1. The van der Waals surface area contributed by atoms with Crippen molar-refractivity contribution in [1.82, 2.24) is 10.2 Å². The molecule has 1 aromatic rings. The number of rotatable bonds is 2. The minimum absolute atomic E-state index is 0.132. The van der Waals surface area contributed by atoms with Gasteiger partial charge in [-0.2, -0.15) is 0 Å². The fourth-order valence-corrected chi connectivity index (χ4v) is 5.02. The Morgan fingerprint density at radius 1 is 1.15 bits per heavy atom. The third-order valence-electron chi connectivity index (χ3n) is 6.42. The largest absolute Gasteiger partial charge is 0.347 e. The Balaban J connectivity index is 1.37. The first kappa shape index (κ1) is 17.4. The van der Waals surface area contributed by atoms with Crippen molar-refractivity contribution in [3.8, 4) is 0 Å². The molecular formula is C21H30N4O. The summed E-state index contributed by atoms with van der Waals surface area (Å²) in [5.74, 6) is 1.01. The number of likely N-dealkylation sites (tertiary alicyclic amines) is 1. The van der Waals surface area contributed by atoms with Crippen LogP contribution in [0.25, 0.3) is 0 Å². The highest BCUT2D eigenvalue weighted by molar-refractivity contribution is 5.98. The number of carbonyl (C=O) groups excluding carboxylic acids is 1. The van der Waals surface area contributed by atoms with Crippen LogP contribution in [0.2, 0.25) is 0 Å². The first-order valence-corrected chi connectivity index (χ1v) is 10.0. The number of fused-ring (bicyclic) bond motifs is 1. The van der Waals surface area contributed by atoms with Crippen LogP contribution in [0, 0.1) is 5.41 Å². The molecule has 0 bridgehead atoms. The maximum absolute atomic E-state index is 12.8. The molecule has 2 fully saturated rings. The summed E-state index contributed by atoms with van der Waals surface area (Å²) in [5, 5.41) is 3.33. The number of hydrogen-bond donors (Lipinski definition) is 1. The summed E-state index contributed by atoms with van der Waals surface area (Å²) < 4.78 is 0. The van der Waals surface area contributed by atoms with E-state index < -0.39 is 0 Å². The Labute approximate surface area is 156 Å². The van der Waals surface area contributed by atoms with Crippen molar-refractivity contribution in [3.63, 3.8) is 0 Å². The lowest BCUT2D eigenvalue weighted by atomic mass is 9.86. The van der Waals surface area contributed by atoms with E-state index in [2.05, 4.69) is 33.4 Å². The number of benzene rings is 1. The molecule has 1 N–H and O–H groups in total. The fraction of sp³-hybridized carbons (Fsp3) is 0.619. The molecule has 3 aliphatic rings. The zero-order valence-corrected chi connectivity index (χ0v) is 15.8. The van der Waals surface area contributed by atoms with Crippen molar-refractivity contribution in [3.05, 3.63) is 29.8 Å². The van der Waals surface area contributed by atoms with E-state index in [4.69, 9.17) is 0 Å². The SMILES string of the molecule is CN=C(NCC(=O)N1CCCc2ccccc21)N1CCC2(CCCC2)C1. The molecule has 1 saturated carbocycles. The molecule has 26 heavy (non-hydrogen) atoms. The Hall–Kier alpha value is -2.04. The summed E-state index contributed by atoms with van der Waals surface area (Å²) >= 11 is 0. The summed E-state index contributed by atoms with van der Waals surface area (Å²) in [4.78, 5) is 21.6. The number of carbonyl (C=O) groups is 1. The lowest BCUT2D eigenvalue weighted by molar-refractivity contribution is -0.117. The number of para-hydroxylation sites is 1. The van der Waals surface area contributed by atoms with Gasteiger partial charge in [-0.3, -0.25) is 9.79 Å². The number of aryl methyl sites for hydroxylation is 1. The van der Waals surface area contributed by atoms with Gasteiger partial charge in [-0.1, -0.05) is 31.0 Å². The fourth-order valence-electron chi connectivity index (χ4n) is 5.02. The summed E-state index contributed by atoms with van der Waals surface area (Å²) in [6.07, 6.45) is 8.80. The molecule has 2 heterocycles. The molecule has 1 aromatic carbocycles. The van der Waals surface area contributed by atoms with Gasteiger partial charge in [-0.25, -0.2) is 0 Å². The highest BCUT2D eigenvalue weighted by Crippen LogP contribution is 2.45. The van der Waals surface area contributed by atoms with E-state index in [1.54, 1.807) is 0 Å². The molecule has 1 amide bonds. The maximum Gasteiger partial charge on any atom is 0.246 e. The van der Waals surface area contributed by atoms with Crippen LogP contribution < -0.4 is 10.2 Å². The maximum atomic E-state index is 12.8. The van der Waals surface area contributed by atoms with Gasteiger partial charge in [0, 0.05) is 32.4 Å². The molecule has 1 aliphatic carbocycles. The predicted molar refractivity (Wildman–Crippen MR) is 106 cm³/mol. The van der Waals surface area contributed by atoms with Crippen molar-refractivity contribution in [1.29, 1.82) is 0 Å². The first-order chi connectivity index (χ1) is 12.7. The van der Waals surface area contributed by atoms with Gasteiger partial charge in [0.1, 0.15) is 0 Å². The van der Waals surface area contributed by atoms with E-state index >= 15 is 0 Å². The molecule has 5 heteroatoms. The molecule has 0 atom stereocenters. The lowest BCUT2D eigenvalue weighted by Crippen LogP contribution is -2.47. The summed E-state index contributed by atoms with van der Waals surface area (Å²) in [5.41, 5.74) is 2.86. The molecule has 0 aromatic heterocycles. The molecule has 0 radical (unpaired) electrons. The number of hydrogen-bond acceptors (Lipinski definition) is 2. The van der Waals surface area contributed by atoms with E-state index in [0.717, 1.165) is 44.1 Å². The number of guanidine groups is 1.